The van der Waals surface area contributed by atoms with Gasteiger partial charge in [0.25, 0.3) is 5.91 Å². The molecule has 1 saturated heterocycles. The van der Waals surface area contributed by atoms with Gasteiger partial charge >= 0.3 is 0 Å². The molecule has 2 aliphatic heterocycles. The second-order valence-corrected chi connectivity index (χ2v) is 10.1. The number of ketones is 1. The Bertz CT molecular complexity index is 1310. The highest BCUT2D eigenvalue weighted by molar-refractivity contribution is 6.20. The molecule has 0 atom stereocenters. The number of carbonyl (C=O) groups excluding carboxylic acids is 4. The van der Waals surface area contributed by atoms with Crippen LogP contribution in [0.4, 0.5) is 5.69 Å². The summed E-state index contributed by atoms with van der Waals surface area (Å²) in [4.78, 5) is 57.6. The molecule has 2 N–H and O–H groups in total. The number of hydrogen-bond donors (Lipinski definition) is 2. The minimum absolute atomic E-state index is 0.0532. The largest absolute Gasteiger partial charge is 0.491 e. The number of anilines is 1. The number of Topliss-reactive ketones (excluding diaryl/α,β-unsaturated/α-hetero) is 1. The van der Waals surface area contributed by atoms with E-state index in [9.17, 15) is 19.2 Å². The van der Waals surface area contributed by atoms with E-state index in [1.165, 1.54) is 11.9 Å². The molecule has 10 heteroatoms. The fraction of sp³-hybridized carbons (Fsp3) is 0.407. The van der Waals surface area contributed by atoms with E-state index < -0.39 is 11.3 Å². The van der Waals surface area contributed by atoms with Crippen molar-refractivity contribution in [2.45, 2.75) is 52.5 Å². The number of imide groups is 1. The quantitative estimate of drug-likeness (QED) is 0.437. The maximum atomic E-state index is 13.3. The van der Waals surface area contributed by atoms with E-state index in [0.29, 0.717) is 34.9 Å². The van der Waals surface area contributed by atoms with Crippen LogP contribution >= 0.6 is 0 Å². The Labute approximate surface area is 215 Å². The molecule has 0 saturated carbocycles. The Morgan fingerprint density at radius 2 is 1.81 bits per heavy atom. The maximum Gasteiger partial charge on any atom is 0.273 e. The second-order valence-electron chi connectivity index (χ2n) is 10.1. The summed E-state index contributed by atoms with van der Waals surface area (Å²) in [5.74, 6) is -0.736. The number of amidine groups is 1. The third-order valence-corrected chi connectivity index (χ3v) is 6.46. The Kier molecular flexibility index (Phi) is 6.86. The van der Waals surface area contributed by atoms with Gasteiger partial charge in [0.2, 0.25) is 11.8 Å². The minimum Gasteiger partial charge on any atom is -0.491 e. The lowest BCUT2D eigenvalue weighted by Gasteiger charge is -2.27. The lowest BCUT2D eigenvalue weighted by molar-refractivity contribution is -0.121. The Morgan fingerprint density at radius 1 is 1.14 bits per heavy atom. The molecule has 0 spiro atoms. The van der Waals surface area contributed by atoms with Crippen molar-refractivity contribution >= 4 is 35.0 Å². The molecule has 37 heavy (non-hydrogen) atoms. The molecule has 1 aromatic heterocycles. The van der Waals surface area contributed by atoms with Crippen LogP contribution in [-0.2, 0) is 21.5 Å². The van der Waals surface area contributed by atoms with Crippen LogP contribution in [0.1, 0.15) is 78.2 Å². The summed E-state index contributed by atoms with van der Waals surface area (Å²) in [6.07, 6.45) is 0.364. The molecule has 0 radical (unpaired) electrons. The third kappa shape index (κ3) is 4.83. The number of amides is 3. The smallest absolute Gasteiger partial charge is 0.273 e. The fourth-order valence-electron chi connectivity index (χ4n) is 4.59. The first-order valence-corrected chi connectivity index (χ1v) is 12.2. The van der Waals surface area contributed by atoms with Gasteiger partial charge in [0.15, 0.2) is 17.2 Å². The highest BCUT2D eigenvalue weighted by atomic mass is 16.5. The molecule has 2 aromatic rings. The predicted octanol–water partition coefficient (Wildman–Crippen LogP) is 2.81. The lowest BCUT2D eigenvalue weighted by Crippen LogP contribution is -2.32. The zero-order valence-corrected chi connectivity index (χ0v) is 21.7. The van der Waals surface area contributed by atoms with E-state index in [1.54, 1.807) is 36.1 Å². The molecule has 4 rings (SSSR count). The zero-order chi connectivity index (χ0) is 27.1. The molecule has 3 heterocycles. The Morgan fingerprint density at radius 3 is 2.41 bits per heavy atom. The molecule has 2 aliphatic rings. The zero-order valence-electron chi connectivity index (χ0n) is 21.7. The van der Waals surface area contributed by atoms with Gasteiger partial charge in [-0.15, -0.1) is 0 Å². The van der Waals surface area contributed by atoms with Crippen LogP contribution in [0.3, 0.4) is 0 Å². The van der Waals surface area contributed by atoms with Gasteiger partial charge in [0, 0.05) is 37.6 Å². The Balaban J connectivity index is 1.61. The number of nitrogens with one attached hydrogen (secondary N) is 2. The van der Waals surface area contributed by atoms with Crippen LogP contribution in [0.25, 0.3) is 0 Å². The van der Waals surface area contributed by atoms with Gasteiger partial charge in [-0.2, -0.15) is 0 Å². The molecule has 0 bridgehead atoms. The molecule has 10 nitrogen and oxygen atoms in total. The number of fused-ring (bicyclic) bond motifs is 1. The predicted molar refractivity (Wildman–Crippen MR) is 137 cm³/mol. The summed E-state index contributed by atoms with van der Waals surface area (Å²) in [6, 6.07) is 6.71. The lowest BCUT2D eigenvalue weighted by atomic mass is 9.84. The van der Waals surface area contributed by atoms with Crippen LogP contribution in [0.15, 0.2) is 24.3 Å². The molecule has 1 fully saturated rings. The van der Waals surface area contributed by atoms with Crippen molar-refractivity contribution in [2.75, 3.05) is 25.1 Å². The number of hydrogen-bond acceptors (Lipinski definition) is 7. The number of pyridine rings is 1. The van der Waals surface area contributed by atoms with Crippen LogP contribution in [0, 0.1) is 5.41 Å². The monoisotopic (exact) mass is 505 g/mol. The number of nitrogens with zero attached hydrogens (tertiary/aromatic N) is 3. The number of carbonyl (C=O) groups is 4. The summed E-state index contributed by atoms with van der Waals surface area (Å²) < 4.78 is 5.59. The average Bonchev–Trinajstić information content (AvgIpc) is 3.34. The summed E-state index contributed by atoms with van der Waals surface area (Å²) >= 11 is 0. The highest BCUT2D eigenvalue weighted by Crippen LogP contribution is 2.36. The Hall–Kier alpha value is -4.08. The number of aromatic nitrogens is 1. The van der Waals surface area contributed by atoms with Crippen LogP contribution in [-0.4, -0.2) is 59.4 Å². The molecular formula is C27H31N5O5. The van der Waals surface area contributed by atoms with E-state index in [1.807, 2.05) is 20.8 Å². The average molecular weight is 506 g/mol. The van der Waals surface area contributed by atoms with E-state index in [-0.39, 0.29) is 55.1 Å². The number of benzene rings is 1. The molecule has 0 aliphatic carbocycles. The highest BCUT2D eigenvalue weighted by Gasteiger charge is 2.35. The van der Waals surface area contributed by atoms with Gasteiger partial charge in [-0.1, -0.05) is 20.8 Å². The molecule has 3 amide bonds. The molecule has 0 unspecified atom stereocenters. The van der Waals surface area contributed by atoms with Crippen molar-refractivity contribution in [3.05, 3.63) is 52.3 Å². The summed E-state index contributed by atoms with van der Waals surface area (Å²) in [6.45, 7) is 8.25. The number of rotatable bonds is 7. The SMILES string of the molecule is CCOc1cc2c(nc1C(=O)NC)C(=N)N(CC(=O)c1ccc(N3C(=O)CCC3=O)c(C(C)(C)C)c1)C2. The van der Waals surface area contributed by atoms with Crippen LogP contribution in [0.5, 0.6) is 5.75 Å². The van der Waals surface area contributed by atoms with Crippen molar-refractivity contribution < 1.29 is 23.9 Å². The topological polar surface area (TPSA) is 133 Å². The first kappa shape index (κ1) is 26.0. The van der Waals surface area contributed by atoms with Gasteiger partial charge in [-0.3, -0.25) is 29.5 Å². The fourth-order valence-corrected chi connectivity index (χ4v) is 4.59. The van der Waals surface area contributed by atoms with E-state index in [2.05, 4.69) is 10.3 Å². The summed E-state index contributed by atoms with van der Waals surface area (Å²) in [5, 5.41) is 11.1. The van der Waals surface area contributed by atoms with Crippen LogP contribution < -0.4 is 15.0 Å². The van der Waals surface area contributed by atoms with Crippen molar-refractivity contribution in [1.82, 2.24) is 15.2 Å². The molecule has 1 aromatic carbocycles. The first-order valence-electron chi connectivity index (χ1n) is 12.2. The summed E-state index contributed by atoms with van der Waals surface area (Å²) in [7, 11) is 1.50. The van der Waals surface area contributed by atoms with E-state index >= 15 is 0 Å². The van der Waals surface area contributed by atoms with Gasteiger partial charge in [-0.25, -0.2) is 4.98 Å². The second kappa shape index (κ2) is 9.76. The molecular weight excluding hydrogens is 474 g/mol. The van der Waals surface area contributed by atoms with Crippen molar-refractivity contribution in [3.63, 3.8) is 0 Å². The molecule has 194 valence electrons. The van der Waals surface area contributed by atoms with Gasteiger partial charge in [0.1, 0.15) is 11.5 Å². The van der Waals surface area contributed by atoms with Crippen LogP contribution in [0.2, 0.25) is 0 Å². The first-order chi connectivity index (χ1) is 17.5. The van der Waals surface area contributed by atoms with E-state index in [0.717, 1.165) is 5.56 Å². The normalized spacial score (nSPS) is 15.3. The summed E-state index contributed by atoms with van der Waals surface area (Å²) in [5.41, 5.74) is 2.36. The van der Waals surface area contributed by atoms with Crippen molar-refractivity contribution in [2.24, 2.45) is 0 Å². The van der Waals surface area contributed by atoms with E-state index in [4.69, 9.17) is 10.1 Å². The maximum absolute atomic E-state index is 13.3. The van der Waals surface area contributed by atoms with Crippen molar-refractivity contribution in [1.29, 1.82) is 5.41 Å². The van der Waals surface area contributed by atoms with Gasteiger partial charge < -0.3 is 15.0 Å². The minimum atomic E-state index is -0.429. The third-order valence-electron chi connectivity index (χ3n) is 6.46. The van der Waals surface area contributed by atoms with Gasteiger partial charge in [-0.05, 0) is 42.2 Å². The van der Waals surface area contributed by atoms with Crippen molar-refractivity contribution in [3.8, 4) is 5.75 Å². The standard InChI is InChI=1S/C27H31N5O5/c1-6-37-20-12-16-13-31(25(28)23(16)30-24(20)26(36)29-5)14-19(33)15-7-8-18(17(11-15)27(2,3)4)32-21(34)9-10-22(32)35/h7-8,11-12,28H,6,9-10,13-14H2,1-5H3,(H,29,36). The number of ether oxygens (including phenoxy) is 1. The van der Waals surface area contributed by atoms with Gasteiger partial charge in [0.05, 0.1) is 18.8 Å².